The van der Waals surface area contributed by atoms with Gasteiger partial charge in [0.25, 0.3) is 0 Å². The molecule has 0 spiro atoms. The van der Waals surface area contributed by atoms with E-state index in [0.717, 1.165) is 44.3 Å². The first-order chi connectivity index (χ1) is 14.2. The summed E-state index contributed by atoms with van der Waals surface area (Å²) in [5, 5.41) is 0.812. The van der Waals surface area contributed by atoms with Crippen LogP contribution in [0.3, 0.4) is 0 Å². The molecule has 0 amide bonds. The third-order valence-electron chi connectivity index (χ3n) is 6.34. The van der Waals surface area contributed by atoms with Gasteiger partial charge in [0.15, 0.2) is 0 Å². The Bertz CT molecular complexity index is 763. The lowest BCUT2D eigenvalue weighted by Crippen LogP contribution is -2.48. The predicted octanol–water partition coefficient (Wildman–Crippen LogP) is 3.98. The second-order valence-corrected chi connectivity index (χ2v) is 8.71. The Morgan fingerprint density at radius 3 is 1.83 bits per heavy atom. The van der Waals surface area contributed by atoms with E-state index in [-0.39, 0.29) is 0 Å². The molecular weight excluding hydrogens is 380 g/mol. The number of anilines is 2. The Morgan fingerprint density at radius 2 is 1.24 bits per heavy atom. The van der Waals surface area contributed by atoms with E-state index in [1.165, 1.54) is 49.5 Å². The minimum Gasteiger partial charge on any atom is -0.369 e. The van der Waals surface area contributed by atoms with Crippen molar-refractivity contribution in [3.05, 3.63) is 59.1 Å². The number of aryl methyl sites for hydroxylation is 1. The van der Waals surface area contributed by atoms with Gasteiger partial charge in [-0.3, -0.25) is 9.80 Å². The molecule has 2 fully saturated rings. The van der Waals surface area contributed by atoms with Crippen LogP contribution in [-0.4, -0.2) is 75.2 Å². The lowest BCUT2D eigenvalue weighted by atomic mass is 10.1. The van der Waals surface area contributed by atoms with Crippen LogP contribution < -0.4 is 9.80 Å². The summed E-state index contributed by atoms with van der Waals surface area (Å²) in [6, 6.07) is 17.0. The maximum absolute atomic E-state index is 6.01. The Kier molecular flexibility index (Phi) is 6.96. The molecule has 156 valence electrons. The van der Waals surface area contributed by atoms with Crippen molar-refractivity contribution in [3.63, 3.8) is 0 Å². The number of para-hydroxylation sites is 1. The quantitative estimate of drug-likeness (QED) is 0.711. The number of hydrogen-bond donors (Lipinski definition) is 0. The monoisotopic (exact) mass is 412 g/mol. The van der Waals surface area contributed by atoms with E-state index in [1.54, 1.807) is 0 Å². The van der Waals surface area contributed by atoms with Crippen molar-refractivity contribution < 1.29 is 0 Å². The molecule has 5 heteroatoms. The van der Waals surface area contributed by atoms with Crippen molar-refractivity contribution in [2.45, 2.75) is 13.3 Å². The molecule has 0 N–H and O–H groups in total. The van der Waals surface area contributed by atoms with Gasteiger partial charge >= 0.3 is 0 Å². The summed E-state index contributed by atoms with van der Waals surface area (Å²) in [5.74, 6) is 0. The summed E-state index contributed by atoms with van der Waals surface area (Å²) in [5.41, 5.74) is 4.09. The Hall–Kier alpha value is -1.75. The number of halogens is 1. The highest BCUT2D eigenvalue weighted by molar-refractivity contribution is 6.30. The molecule has 2 aliphatic rings. The minimum atomic E-state index is 0.812. The molecule has 29 heavy (non-hydrogen) atoms. The van der Waals surface area contributed by atoms with Crippen molar-refractivity contribution in [2.75, 3.05) is 75.2 Å². The normalized spacial score (nSPS) is 19.0. The lowest BCUT2D eigenvalue weighted by Gasteiger charge is -2.38. The molecule has 2 aromatic carbocycles. The van der Waals surface area contributed by atoms with E-state index in [9.17, 15) is 0 Å². The molecule has 2 aromatic rings. The summed E-state index contributed by atoms with van der Waals surface area (Å²) in [4.78, 5) is 10.3. The highest BCUT2D eigenvalue weighted by atomic mass is 35.5. The number of benzene rings is 2. The zero-order valence-corrected chi connectivity index (χ0v) is 18.3. The van der Waals surface area contributed by atoms with Crippen LogP contribution in [-0.2, 0) is 0 Å². The molecule has 0 aliphatic carbocycles. The summed E-state index contributed by atoms with van der Waals surface area (Å²) < 4.78 is 0. The summed E-state index contributed by atoms with van der Waals surface area (Å²) in [7, 11) is 0. The first kappa shape index (κ1) is 20.5. The van der Waals surface area contributed by atoms with Crippen molar-refractivity contribution in [1.29, 1.82) is 0 Å². The summed E-state index contributed by atoms with van der Waals surface area (Å²) >= 11 is 6.01. The van der Waals surface area contributed by atoms with E-state index < -0.39 is 0 Å². The van der Waals surface area contributed by atoms with Crippen LogP contribution >= 0.6 is 11.6 Å². The molecule has 0 unspecified atom stereocenters. The molecule has 4 rings (SSSR count). The highest BCUT2D eigenvalue weighted by Crippen LogP contribution is 2.21. The van der Waals surface area contributed by atoms with E-state index in [2.05, 4.69) is 62.9 Å². The van der Waals surface area contributed by atoms with Crippen molar-refractivity contribution in [2.24, 2.45) is 0 Å². The first-order valence-corrected chi connectivity index (χ1v) is 11.3. The van der Waals surface area contributed by atoms with E-state index in [0.29, 0.717) is 0 Å². The van der Waals surface area contributed by atoms with Crippen LogP contribution in [0.1, 0.15) is 12.0 Å². The molecule has 2 saturated heterocycles. The second kappa shape index (κ2) is 9.84. The highest BCUT2D eigenvalue weighted by Gasteiger charge is 2.20. The fraction of sp³-hybridized carbons (Fsp3) is 0.500. The van der Waals surface area contributed by atoms with Crippen molar-refractivity contribution in [1.82, 2.24) is 9.80 Å². The van der Waals surface area contributed by atoms with Gasteiger partial charge < -0.3 is 9.80 Å². The molecule has 4 nitrogen and oxygen atoms in total. The predicted molar refractivity (Wildman–Crippen MR) is 125 cm³/mol. The standard InChI is InChI=1S/C24H33ClN4/c1-21-5-2-3-6-24(21)29-19-15-27(16-20-29)12-4-11-26-13-17-28(18-14-26)23-9-7-22(25)8-10-23/h2-3,5-10H,4,11-20H2,1H3. The fourth-order valence-electron chi connectivity index (χ4n) is 4.53. The zero-order valence-electron chi connectivity index (χ0n) is 17.6. The smallest absolute Gasteiger partial charge is 0.0407 e. The largest absolute Gasteiger partial charge is 0.369 e. The third kappa shape index (κ3) is 5.44. The lowest BCUT2D eigenvalue weighted by molar-refractivity contribution is 0.213. The van der Waals surface area contributed by atoms with Crippen LogP contribution in [0.2, 0.25) is 5.02 Å². The fourth-order valence-corrected chi connectivity index (χ4v) is 4.66. The SMILES string of the molecule is Cc1ccccc1N1CCN(CCCN2CCN(c3ccc(Cl)cc3)CC2)CC1. The van der Waals surface area contributed by atoms with Crippen molar-refractivity contribution in [3.8, 4) is 0 Å². The van der Waals surface area contributed by atoms with Gasteiger partial charge in [0.2, 0.25) is 0 Å². The van der Waals surface area contributed by atoms with Gasteiger partial charge in [-0.05, 0) is 62.3 Å². The molecule has 0 radical (unpaired) electrons. The Balaban J connectivity index is 1.14. The number of nitrogens with zero attached hydrogens (tertiary/aromatic N) is 4. The number of piperazine rings is 2. The molecule has 0 aromatic heterocycles. The third-order valence-corrected chi connectivity index (χ3v) is 6.59. The van der Waals surface area contributed by atoms with Gasteiger partial charge in [0.1, 0.15) is 0 Å². The van der Waals surface area contributed by atoms with Crippen LogP contribution in [0.4, 0.5) is 11.4 Å². The molecule has 0 atom stereocenters. The number of hydrogen-bond acceptors (Lipinski definition) is 4. The summed E-state index contributed by atoms with van der Waals surface area (Å²) in [6.45, 7) is 13.8. The second-order valence-electron chi connectivity index (χ2n) is 8.27. The molecule has 0 saturated carbocycles. The first-order valence-electron chi connectivity index (χ1n) is 10.9. The van der Waals surface area contributed by atoms with Crippen molar-refractivity contribution >= 4 is 23.0 Å². The van der Waals surface area contributed by atoms with Crippen LogP contribution in [0.25, 0.3) is 0 Å². The molecule has 2 heterocycles. The maximum atomic E-state index is 6.01. The van der Waals surface area contributed by atoms with Crippen LogP contribution in [0, 0.1) is 6.92 Å². The minimum absolute atomic E-state index is 0.812. The van der Waals surface area contributed by atoms with Gasteiger partial charge in [0.05, 0.1) is 0 Å². The van der Waals surface area contributed by atoms with Gasteiger partial charge in [-0.15, -0.1) is 0 Å². The topological polar surface area (TPSA) is 13.0 Å². The van der Waals surface area contributed by atoms with Gasteiger partial charge in [0, 0.05) is 68.8 Å². The average molecular weight is 413 g/mol. The van der Waals surface area contributed by atoms with Gasteiger partial charge in [-0.2, -0.15) is 0 Å². The number of rotatable bonds is 6. The zero-order chi connectivity index (χ0) is 20.1. The molecular formula is C24H33ClN4. The molecule has 0 bridgehead atoms. The Morgan fingerprint density at radius 1 is 0.690 bits per heavy atom. The van der Waals surface area contributed by atoms with Gasteiger partial charge in [-0.25, -0.2) is 0 Å². The Labute approximate surface area is 180 Å². The molecule has 2 aliphatic heterocycles. The summed E-state index contributed by atoms with van der Waals surface area (Å²) in [6.07, 6.45) is 1.27. The van der Waals surface area contributed by atoms with E-state index in [4.69, 9.17) is 11.6 Å². The van der Waals surface area contributed by atoms with Crippen LogP contribution in [0.15, 0.2) is 48.5 Å². The van der Waals surface area contributed by atoms with Crippen LogP contribution in [0.5, 0.6) is 0 Å². The van der Waals surface area contributed by atoms with Gasteiger partial charge in [-0.1, -0.05) is 29.8 Å². The van der Waals surface area contributed by atoms with E-state index in [1.807, 2.05) is 12.1 Å². The average Bonchev–Trinajstić information content (AvgIpc) is 2.76. The van der Waals surface area contributed by atoms with E-state index >= 15 is 0 Å². The maximum Gasteiger partial charge on any atom is 0.0407 e.